The SMILES string of the molecule is CCCCN(C)c1c(C=C2SC(=S)N(C(C)CC)C2=O)c(C)c(C#N)c(=O)n1C. The van der Waals surface area contributed by atoms with Crippen LogP contribution in [0.1, 0.15) is 56.7 Å². The summed E-state index contributed by atoms with van der Waals surface area (Å²) < 4.78 is 2.04. The first kappa shape index (κ1) is 23.2. The predicted octanol–water partition coefficient (Wildman–Crippen LogP) is 3.80. The quantitative estimate of drug-likeness (QED) is 0.482. The van der Waals surface area contributed by atoms with E-state index >= 15 is 0 Å². The molecule has 1 aliphatic heterocycles. The van der Waals surface area contributed by atoms with Crippen molar-refractivity contribution in [2.24, 2.45) is 7.05 Å². The minimum atomic E-state index is -0.326. The zero-order chi connectivity index (χ0) is 21.9. The predicted molar refractivity (Wildman–Crippen MR) is 124 cm³/mol. The number of nitrogens with zero attached hydrogens (tertiary/aromatic N) is 4. The van der Waals surface area contributed by atoms with Crippen molar-refractivity contribution in [3.8, 4) is 6.07 Å². The average molecular weight is 433 g/mol. The molecule has 1 unspecified atom stereocenters. The van der Waals surface area contributed by atoms with E-state index in [0.29, 0.717) is 26.2 Å². The summed E-state index contributed by atoms with van der Waals surface area (Å²) >= 11 is 6.70. The summed E-state index contributed by atoms with van der Waals surface area (Å²) in [4.78, 5) is 29.9. The van der Waals surface area contributed by atoms with Gasteiger partial charge in [0.25, 0.3) is 11.5 Å². The normalized spacial score (nSPS) is 16.4. The molecule has 1 saturated heterocycles. The maximum atomic E-state index is 13.0. The van der Waals surface area contributed by atoms with Crippen molar-refractivity contribution in [2.75, 3.05) is 18.5 Å². The number of carbonyl (C=O) groups is 1. The van der Waals surface area contributed by atoms with Gasteiger partial charge in [0.2, 0.25) is 0 Å². The molecular formula is C21H28N4O2S2. The molecule has 0 bridgehead atoms. The highest BCUT2D eigenvalue weighted by Gasteiger charge is 2.35. The lowest BCUT2D eigenvalue weighted by Crippen LogP contribution is -2.36. The van der Waals surface area contributed by atoms with Crippen LogP contribution in [0.25, 0.3) is 6.08 Å². The molecular weight excluding hydrogens is 404 g/mol. The largest absolute Gasteiger partial charge is 0.360 e. The molecule has 1 fully saturated rings. The Kier molecular flexibility index (Phi) is 7.66. The van der Waals surface area contributed by atoms with E-state index in [0.717, 1.165) is 25.8 Å². The number of amides is 1. The third-order valence-electron chi connectivity index (χ3n) is 5.31. The molecule has 0 spiro atoms. The fraction of sp³-hybridized carbons (Fsp3) is 0.524. The molecule has 0 radical (unpaired) electrons. The molecule has 2 rings (SSSR count). The number of carbonyl (C=O) groups excluding carboxylic acids is 1. The molecule has 1 amide bonds. The smallest absolute Gasteiger partial charge is 0.270 e. The van der Waals surface area contributed by atoms with Crippen LogP contribution in [0.2, 0.25) is 0 Å². The van der Waals surface area contributed by atoms with Crippen molar-refractivity contribution >= 4 is 46.1 Å². The Labute approximate surface area is 182 Å². The number of rotatable bonds is 7. The highest BCUT2D eigenvalue weighted by molar-refractivity contribution is 8.26. The standard InChI is InChI=1S/C21H28N4O2S2/c1-7-9-10-23(5)18-15(14(4)16(12-22)19(26)24(18)6)11-17-20(27)25(13(3)8-2)21(28)29-17/h11,13H,7-10H2,1-6H3. The van der Waals surface area contributed by atoms with Gasteiger partial charge in [-0.1, -0.05) is 44.2 Å². The van der Waals surface area contributed by atoms with Gasteiger partial charge in [-0.2, -0.15) is 5.26 Å². The number of unbranched alkanes of at least 4 members (excludes halogenated alkanes) is 1. The van der Waals surface area contributed by atoms with Crippen molar-refractivity contribution in [1.82, 2.24) is 9.47 Å². The van der Waals surface area contributed by atoms with Gasteiger partial charge in [-0.25, -0.2) is 0 Å². The number of hydrogen-bond donors (Lipinski definition) is 0. The summed E-state index contributed by atoms with van der Waals surface area (Å²) in [7, 11) is 3.60. The number of thioether (sulfide) groups is 1. The van der Waals surface area contributed by atoms with Gasteiger partial charge in [-0.05, 0) is 38.3 Å². The van der Waals surface area contributed by atoms with Crippen LogP contribution < -0.4 is 10.5 Å². The van der Waals surface area contributed by atoms with Crippen LogP contribution in [-0.2, 0) is 11.8 Å². The van der Waals surface area contributed by atoms with E-state index in [1.54, 1.807) is 24.9 Å². The van der Waals surface area contributed by atoms with Crippen molar-refractivity contribution in [3.05, 3.63) is 31.9 Å². The number of nitriles is 1. The molecule has 1 aromatic heterocycles. The van der Waals surface area contributed by atoms with Crippen molar-refractivity contribution in [1.29, 1.82) is 5.26 Å². The highest BCUT2D eigenvalue weighted by atomic mass is 32.2. The van der Waals surface area contributed by atoms with Crippen LogP contribution in [0.5, 0.6) is 0 Å². The molecule has 1 atom stereocenters. The zero-order valence-corrected chi connectivity index (χ0v) is 19.5. The topological polar surface area (TPSA) is 69.3 Å². The number of aromatic nitrogens is 1. The van der Waals surface area contributed by atoms with Gasteiger partial charge in [-0.3, -0.25) is 19.1 Å². The van der Waals surface area contributed by atoms with Crippen LogP contribution in [-0.4, -0.2) is 39.3 Å². The molecule has 8 heteroatoms. The van der Waals surface area contributed by atoms with Gasteiger partial charge in [0.05, 0.1) is 4.91 Å². The zero-order valence-electron chi connectivity index (χ0n) is 17.9. The Balaban J connectivity index is 2.68. The van der Waals surface area contributed by atoms with Crippen LogP contribution in [0.4, 0.5) is 5.82 Å². The third-order valence-corrected chi connectivity index (χ3v) is 6.64. The van der Waals surface area contributed by atoms with Crippen LogP contribution in [0.3, 0.4) is 0 Å². The van der Waals surface area contributed by atoms with E-state index in [1.807, 2.05) is 31.9 Å². The molecule has 2 heterocycles. The van der Waals surface area contributed by atoms with Crippen molar-refractivity contribution in [3.63, 3.8) is 0 Å². The first-order chi connectivity index (χ1) is 13.7. The van der Waals surface area contributed by atoms with E-state index in [4.69, 9.17) is 12.2 Å². The Morgan fingerprint density at radius 1 is 1.34 bits per heavy atom. The van der Waals surface area contributed by atoms with E-state index in [-0.39, 0.29) is 23.1 Å². The van der Waals surface area contributed by atoms with E-state index in [9.17, 15) is 14.9 Å². The summed E-state index contributed by atoms with van der Waals surface area (Å²) in [5.74, 6) is 0.581. The van der Waals surface area contributed by atoms with Gasteiger partial charge in [0.1, 0.15) is 21.8 Å². The third kappa shape index (κ3) is 4.41. The van der Waals surface area contributed by atoms with Gasteiger partial charge in [-0.15, -0.1) is 0 Å². The summed E-state index contributed by atoms with van der Waals surface area (Å²) in [5, 5.41) is 9.52. The number of thiocarbonyl (C=S) groups is 1. The van der Waals surface area contributed by atoms with Gasteiger partial charge < -0.3 is 4.90 Å². The monoisotopic (exact) mass is 432 g/mol. The Bertz CT molecular complexity index is 959. The van der Waals surface area contributed by atoms with E-state index < -0.39 is 0 Å². The highest BCUT2D eigenvalue weighted by Crippen LogP contribution is 2.36. The van der Waals surface area contributed by atoms with E-state index in [1.165, 1.54) is 16.3 Å². The number of hydrogen-bond acceptors (Lipinski definition) is 6. The lowest BCUT2D eigenvalue weighted by molar-refractivity contribution is -0.123. The lowest BCUT2D eigenvalue weighted by atomic mass is 10.0. The van der Waals surface area contributed by atoms with Crippen LogP contribution in [0.15, 0.2) is 9.70 Å². The van der Waals surface area contributed by atoms with Gasteiger partial charge >= 0.3 is 0 Å². The minimum Gasteiger partial charge on any atom is -0.360 e. The average Bonchev–Trinajstić information content (AvgIpc) is 2.97. The van der Waals surface area contributed by atoms with Crippen molar-refractivity contribution in [2.45, 2.75) is 53.0 Å². The fourth-order valence-electron chi connectivity index (χ4n) is 3.35. The van der Waals surface area contributed by atoms with Crippen LogP contribution in [0, 0.1) is 18.3 Å². The number of anilines is 1. The Morgan fingerprint density at radius 3 is 2.55 bits per heavy atom. The Hall–Kier alpha value is -2.11. The molecule has 156 valence electrons. The molecule has 1 aliphatic rings. The van der Waals surface area contributed by atoms with Crippen molar-refractivity contribution < 1.29 is 4.79 Å². The lowest BCUT2D eigenvalue weighted by Gasteiger charge is -2.25. The molecule has 0 aliphatic carbocycles. The second-order valence-electron chi connectivity index (χ2n) is 7.30. The first-order valence-corrected chi connectivity index (χ1v) is 11.0. The maximum Gasteiger partial charge on any atom is 0.270 e. The minimum absolute atomic E-state index is 0.0241. The van der Waals surface area contributed by atoms with Gasteiger partial charge in [0.15, 0.2) is 0 Å². The molecule has 1 aromatic rings. The first-order valence-electron chi connectivity index (χ1n) is 9.81. The second-order valence-corrected chi connectivity index (χ2v) is 8.97. The molecule has 0 aromatic carbocycles. The number of pyridine rings is 1. The fourth-order valence-corrected chi connectivity index (χ4v) is 4.79. The summed E-state index contributed by atoms with van der Waals surface area (Å²) in [6.07, 6.45) is 4.59. The van der Waals surface area contributed by atoms with Gasteiger partial charge in [0, 0.05) is 32.2 Å². The van der Waals surface area contributed by atoms with Crippen LogP contribution >= 0.6 is 24.0 Å². The summed E-state index contributed by atoms with van der Waals surface area (Å²) in [6.45, 7) is 8.63. The second kappa shape index (κ2) is 9.59. The maximum absolute atomic E-state index is 13.0. The summed E-state index contributed by atoms with van der Waals surface area (Å²) in [5.41, 5.74) is 1.08. The molecule has 6 nitrogen and oxygen atoms in total. The molecule has 0 N–H and O–H groups in total. The molecule has 0 saturated carbocycles. The molecule has 29 heavy (non-hydrogen) atoms. The Morgan fingerprint density at radius 2 is 2.00 bits per heavy atom. The van der Waals surface area contributed by atoms with E-state index in [2.05, 4.69) is 6.92 Å². The summed E-state index contributed by atoms with van der Waals surface area (Å²) in [6, 6.07) is 2.05.